The first-order chi connectivity index (χ1) is 14.2. The molecule has 5 heteroatoms. The van der Waals surface area contributed by atoms with E-state index in [2.05, 4.69) is 69.9 Å². The molecule has 0 aliphatic carbocycles. The van der Waals surface area contributed by atoms with Crippen LogP contribution in [0.5, 0.6) is 0 Å². The van der Waals surface area contributed by atoms with Gasteiger partial charge in [0.25, 0.3) is 0 Å². The minimum Gasteiger partial charge on any atom is -0.378 e. The standard InChI is InChI=1S/C24H24FN3O/c1-2-23-26-24-21(25)14-19(27-10-12-29-13-11-27)15-22(24)28(23)16-18-8-5-7-17-6-3-4-9-20(17)18/h3-9,14-15H,2,10-13,16H2,1H3. The van der Waals surface area contributed by atoms with Gasteiger partial charge in [-0.05, 0) is 28.5 Å². The molecule has 0 unspecified atom stereocenters. The Kier molecular flexibility index (Phi) is 4.68. The van der Waals surface area contributed by atoms with Crippen LogP contribution in [0.4, 0.5) is 10.1 Å². The summed E-state index contributed by atoms with van der Waals surface area (Å²) < 4.78 is 22.6. The van der Waals surface area contributed by atoms with E-state index in [1.54, 1.807) is 6.07 Å². The third kappa shape index (κ3) is 3.25. The van der Waals surface area contributed by atoms with Gasteiger partial charge in [0.1, 0.15) is 11.3 Å². The number of hydrogen-bond acceptors (Lipinski definition) is 3. The van der Waals surface area contributed by atoms with Crippen LogP contribution in [0.25, 0.3) is 21.8 Å². The van der Waals surface area contributed by atoms with Gasteiger partial charge in [-0.3, -0.25) is 0 Å². The molecular weight excluding hydrogens is 365 g/mol. The van der Waals surface area contributed by atoms with Crippen molar-refractivity contribution in [3.05, 3.63) is 71.8 Å². The molecule has 2 heterocycles. The first-order valence-electron chi connectivity index (χ1n) is 10.2. The Labute approximate surface area is 169 Å². The largest absolute Gasteiger partial charge is 0.378 e. The number of imidazole rings is 1. The van der Waals surface area contributed by atoms with Crippen LogP contribution >= 0.6 is 0 Å². The number of benzene rings is 3. The molecule has 0 bridgehead atoms. The monoisotopic (exact) mass is 389 g/mol. The Morgan fingerprint density at radius 2 is 1.83 bits per heavy atom. The number of fused-ring (bicyclic) bond motifs is 2. The van der Waals surface area contributed by atoms with E-state index < -0.39 is 0 Å². The van der Waals surface area contributed by atoms with Gasteiger partial charge in [0.15, 0.2) is 5.82 Å². The summed E-state index contributed by atoms with van der Waals surface area (Å²) in [5, 5.41) is 2.44. The van der Waals surface area contributed by atoms with Gasteiger partial charge in [-0.2, -0.15) is 0 Å². The third-order valence-corrected chi connectivity index (χ3v) is 5.77. The van der Waals surface area contributed by atoms with Crippen molar-refractivity contribution in [2.75, 3.05) is 31.2 Å². The smallest absolute Gasteiger partial charge is 0.153 e. The summed E-state index contributed by atoms with van der Waals surface area (Å²) in [5.74, 6) is 0.654. The van der Waals surface area contributed by atoms with Gasteiger partial charge in [-0.15, -0.1) is 0 Å². The van der Waals surface area contributed by atoms with Gasteiger partial charge in [0.2, 0.25) is 0 Å². The SMILES string of the molecule is CCc1nc2c(F)cc(N3CCOCC3)cc2n1Cc1cccc2ccccc12. The second kappa shape index (κ2) is 7.48. The number of aromatic nitrogens is 2. The molecule has 1 saturated heterocycles. The fourth-order valence-corrected chi connectivity index (χ4v) is 4.27. The molecule has 0 atom stereocenters. The number of ether oxygens (including phenoxy) is 1. The molecule has 0 N–H and O–H groups in total. The predicted octanol–water partition coefficient (Wildman–Crippen LogP) is 4.78. The molecule has 1 aliphatic heterocycles. The van der Waals surface area contributed by atoms with E-state index >= 15 is 0 Å². The zero-order valence-electron chi connectivity index (χ0n) is 16.6. The third-order valence-electron chi connectivity index (χ3n) is 5.77. The Morgan fingerprint density at radius 3 is 2.66 bits per heavy atom. The van der Waals surface area contributed by atoms with E-state index in [9.17, 15) is 4.39 Å². The Hall–Kier alpha value is -2.92. The van der Waals surface area contributed by atoms with Crippen molar-refractivity contribution in [2.45, 2.75) is 19.9 Å². The molecule has 1 aliphatic rings. The van der Waals surface area contributed by atoms with Gasteiger partial charge in [0.05, 0.1) is 18.7 Å². The number of halogens is 1. The summed E-state index contributed by atoms with van der Waals surface area (Å²) in [6.45, 7) is 5.66. The highest BCUT2D eigenvalue weighted by Gasteiger charge is 2.19. The molecule has 4 nitrogen and oxygen atoms in total. The fourth-order valence-electron chi connectivity index (χ4n) is 4.27. The zero-order chi connectivity index (χ0) is 19.8. The van der Waals surface area contributed by atoms with E-state index in [0.29, 0.717) is 25.3 Å². The molecule has 0 saturated carbocycles. The van der Waals surface area contributed by atoms with E-state index in [0.717, 1.165) is 36.5 Å². The molecule has 3 aromatic carbocycles. The molecular formula is C24H24FN3O. The second-order valence-corrected chi connectivity index (χ2v) is 7.50. The maximum atomic E-state index is 15.0. The van der Waals surface area contributed by atoms with Crippen molar-refractivity contribution in [2.24, 2.45) is 0 Å². The predicted molar refractivity (Wildman–Crippen MR) is 115 cm³/mol. The number of anilines is 1. The quantitative estimate of drug-likeness (QED) is 0.503. The molecule has 0 spiro atoms. The Bertz CT molecular complexity index is 1170. The van der Waals surface area contributed by atoms with Crippen LogP contribution in [0, 0.1) is 5.82 Å². The lowest BCUT2D eigenvalue weighted by atomic mass is 10.0. The summed E-state index contributed by atoms with van der Waals surface area (Å²) in [4.78, 5) is 6.83. The van der Waals surface area contributed by atoms with Gasteiger partial charge >= 0.3 is 0 Å². The maximum Gasteiger partial charge on any atom is 0.153 e. The summed E-state index contributed by atoms with van der Waals surface area (Å²) in [6.07, 6.45) is 0.756. The number of rotatable bonds is 4. The van der Waals surface area contributed by atoms with E-state index in [-0.39, 0.29) is 5.82 Å². The van der Waals surface area contributed by atoms with E-state index in [1.807, 2.05) is 0 Å². The minimum absolute atomic E-state index is 0.254. The topological polar surface area (TPSA) is 30.3 Å². The average molecular weight is 389 g/mol. The average Bonchev–Trinajstić information content (AvgIpc) is 3.13. The summed E-state index contributed by atoms with van der Waals surface area (Å²) in [7, 11) is 0. The number of morpholine rings is 1. The normalized spacial score (nSPS) is 14.8. The molecule has 1 aromatic heterocycles. The van der Waals surface area contributed by atoms with E-state index in [4.69, 9.17) is 4.74 Å². The summed E-state index contributed by atoms with van der Waals surface area (Å²) in [5.41, 5.74) is 3.43. The zero-order valence-corrected chi connectivity index (χ0v) is 16.6. The lowest BCUT2D eigenvalue weighted by Crippen LogP contribution is -2.36. The molecule has 148 valence electrons. The first-order valence-corrected chi connectivity index (χ1v) is 10.2. The lowest BCUT2D eigenvalue weighted by molar-refractivity contribution is 0.122. The van der Waals surface area contributed by atoms with Crippen molar-refractivity contribution in [1.82, 2.24) is 9.55 Å². The first kappa shape index (κ1) is 18.1. The number of hydrogen-bond donors (Lipinski definition) is 0. The van der Waals surface area contributed by atoms with Gasteiger partial charge in [-0.25, -0.2) is 9.37 Å². The van der Waals surface area contributed by atoms with Crippen molar-refractivity contribution in [3.8, 4) is 0 Å². The Balaban J connectivity index is 1.64. The van der Waals surface area contributed by atoms with Crippen molar-refractivity contribution in [1.29, 1.82) is 0 Å². The van der Waals surface area contributed by atoms with Crippen LogP contribution < -0.4 is 4.90 Å². The second-order valence-electron chi connectivity index (χ2n) is 7.50. The summed E-state index contributed by atoms with van der Waals surface area (Å²) in [6, 6.07) is 18.5. The molecule has 0 radical (unpaired) electrons. The molecule has 0 amide bonds. The minimum atomic E-state index is -0.254. The molecule has 5 rings (SSSR count). The van der Waals surface area contributed by atoms with Crippen LogP contribution in [-0.2, 0) is 17.7 Å². The molecule has 1 fully saturated rings. The number of aryl methyl sites for hydroxylation is 1. The van der Waals surface area contributed by atoms with Gasteiger partial charge in [0, 0.05) is 31.7 Å². The summed E-state index contributed by atoms with van der Waals surface area (Å²) >= 11 is 0. The highest BCUT2D eigenvalue weighted by molar-refractivity contribution is 5.86. The van der Waals surface area contributed by atoms with E-state index in [1.165, 1.54) is 16.3 Å². The molecule has 4 aromatic rings. The van der Waals surface area contributed by atoms with Crippen LogP contribution in [0.3, 0.4) is 0 Å². The van der Waals surface area contributed by atoms with Crippen molar-refractivity contribution >= 4 is 27.5 Å². The van der Waals surface area contributed by atoms with Gasteiger partial charge in [-0.1, -0.05) is 49.4 Å². The lowest BCUT2D eigenvalue weighted by Gasteiger charge is -2.29. The maximum absolute atomic E-state index is 15.0. The highest BCUT2D eigenvalue weighted by Crippen LogP contribution is 2.29. The van der Waals surface area contributed by atoms with Crippen molar-refractivity contribution < 1.29 is 9.13 Å². The Morgan fingerprint density at radius 1 is 1.03 bits per heavy atom. The van der Waals surface area contributed by atoms with Gasteiger partial charge < -0.3 is 14.2 Å². The van der Waals surface area contributed by atoms with Crippen LogP contribution in [0.15, 0.2) is 54.6 Å². The fraction of sp³-hybridized carbons (Fsp3) is 0.292. The molecule has 29 heavy (non-hydrogen) atoms. The number of nitrogens with zero attached hydrogens (tertiary/aromatic N) is 3. The van der Waals surface area contributed by atoms with Crippen LogP contribution in [0.1, 0.15) is 18.3 Å². The van der Waals surface area contributed by atoms with Crippen LogP contribution in [-0.4, -0.2) is 35.9 Å². The van der Waals surface area contributed by atoms with Crippen LogP contribution in [0.2, 0.25) is 0 Å². The van der Waals surface area contributed by atoms with Crippen molar-refractivity contribution in [3.63, 3.8) is 0 Å². The highest BCUT2D eigenvalue weighted by atomic mass is 19.1.